The smallest absolute Gasteiger partial charge is 0.233 e. The van der Waals surface area contributed by atoms with Crippen molar-refractivity contribution in [3.8, 4) is 0 Å². The monoisotopic (exact) mass is 297 g/mol. The van der Waals surface area contributed by atoms with Gasteiger partial charge in [-0.05, 0) is 36.2 Å². The van der Waals surface area contributed by atoms with Crippen LogP contribution in [0.1, 0.15) is 12.0 Å². The SMILES string of the molecule is CN(CCc1ccncc1)C(=O)CC(=O)Nc1ccccc1. The molecule has 2 rings (SSSR count). The van der Waals surface area contributed by atoms with E-state index in [9.17, 15) is 9.59 Å². The largest absolute Gasteiger partial charge is 0.345 e. The Morgan fingerprint density at radius 1 is 1.09 bits per heavy atom. The van der Waals surface area contributed by atoms with E-state index in [-0.39, 0.29) is 18.2 Å². The standard InChI is InChI=1S/C17H19N3O2/c1-20(12-9-14-7-10-18-11-8-14)17(22)13-16(21)19-15-5-3-2-4-6-15/h2-8,10-11H,9,12-13H2,1H3,(H,19,21). The lowest BCUT2D eigenvalue weighted by Crippen LogP contribution is -2.32. The normalized spacial score (nSPS) is 10.0. The van der Waals surface area contributed by atoms with E-state index >= 15 is 0 Å². The van der Waals surface area contributed by atoms with E-state index in [4.69, 9.17) is 0 Å². The second-order valence-corrected chi connectivity index (χ2v) is 5.01. The van der Waals surface area contributed by atoms with Gasteiger partial charge in [0.1, 0.15) is 6.42 Å². The van der Waals surface area contributed by atoms with Gasteiger partial charge in [-0.2, -0.15) is 0 Å². The van der Waals surface area contributed by atoms with Gasteiger partial charge < -0.3 is 10.2 Å². The van der Waals surface area contributed by atoms with E-state index in [0.29, 0.717) is 12.2 Å². The second-order valence-electron chi connectivity index (χ2n) is 5.01. The number of para-hydroxylation sites is 1. The molecular weight excluding hydrogens is 278 g/mol. The van der Waals surface area contributed by atoms with Gasteiger partial charge >= 0.3 is 0 Å². The fraction of sp³-hybridized carbons (Fsp3) is 0.235. The number of amides is 2. The molecule has 0 saturated carbocycles. The third-order valence-electron chi connectivity index (χ3n) is 3.28. The summed E-state index contributed by atoms with van der Waals surface area (Å²) in [5.74, 6) is -0.491. The maximum absolute atomic E-state index is 12.0. The van der Waals surface area contributed by atoms with E-state index in [1.54, 1.807) is 36.5 Å². The first-order valence-electron chi connectivity index (χ1n) is 7.13. The minimum atomic E-state index is -0.299. The molecule has 0 atom stereocenters. The first-order valence-corrected chi connectivity index (χ1v) is 7.13. The van der Waals surface area contributed by atoms with Gasteiger partial charge in [0.15, 0.2) is 0 Å². The number of hydrogen-bond acceptors (Lipinski definition) is 3. The Labute approximate surface area is 130 Å². The molecule has 0 aliphatic heterocycles. The lowest BCUT2D eigenvalue weighted by atomic mass is 10.2. The van der Waals surface area contributed by atoms with Crippen molar-refractivity contribution in [3.63, 3.8) is 0 Å². The molecule has 2 aromatic rings. The summed E-state index contributed by atoms with van der Waals surface area (Å²) in [5.41, 5.74) is 1.81. The van der Waals surface area contributed by atoms with E-state index in [1.807, 2.05) is 30.3 Å². The first kappa shape index (κ1) is 15.7. The predicted molar refractivity (Wildman–Crippen MR) is 85.3 cm³/mol. The number of anilines is 1. The third kappa shape index (κ3) is 5.01. The number of pyridine rings is 1. The minimum absolute atomic E-state index is 0.151. The molecule has 2 amide bonds. The molecule has 0 fully saturated rings. The first-order chi connectivity index (χ1) is 10.6. The molecule has 0 aliphatic rings. The fourth-order valence-corrected chi connectivity index (χ4v) is 1.97. The van der Waals surface area contributed by atoms with E-state index in [2.05, 4.69) is 10.3 Å². The molecule has 0 saturated heterocycles. The Bertz CT molecular complexity index is 614. The topological polar surface area (TPSA) is 62.3 Å². The number of aromatic nitrogens is 1. The zero-order chi connectivity index (χ0) is 15.8. The minimum Gasteiger partial charge on any atom is -0.345 e. The summed E-state index contributed by atoms with van der Waals surface area (Å²) in [7, 11) is 1.71. The fourth-order valence-electron chi connectivity index (χ4n) is 1.97. The number of rotatable bonds is 6. The molecule has 1 N–H and O–H groups in total. The van der Waals surface area contributed by atoms with Gasteiger partial charge in [0.25, 0.3) is 0 Å². The van der Waals surface area contributed by atoms with Crippen LogP contribution in [0.3, 0.4) is 0 Å². The summed E-state index contributed by atoms with van der Waals surface area (Å²) in [6.45, 7) is 0.571. The molecule has 0 spiro atoms. The molecule has 0 bridgehead atoms. The molecular formula is C17H19N3O2. The van der Waals surface area contributed by atoms with Crippen LogP contribution in [-0.4, -0.2) is 35.3 Å². The maximum Gasteiger partial charge on any atom is 0.233 e. The number of nitrogens with zero attached hydrogens (tertiary/aromatic N) is 2. The van der Waals surface area contributed by atoms with Crippen LogP contribution >= 0.6 is 0 Å². The van der Waals surface area contributed by atoms with Crippen molar-refractivity contribution in [3.05, 3.63) is 60.4 Å². The summed E-state index contributed by atoms with van der Waals surface area (Å²) in [6.07, 6.45) is 4.04. The van der Waals surface area contributed by atoms with Crippen LogP contribution in [-0.2, 0) is 16.0 Å². The van der Waals surface area contributed by atoms with Crippen molar-refractivity contribution in [2.45, 2.75) is 12.8 Å². The molecule has 22 heavy (non-hydrogen) atoms. The van der Waals surface area contributed by atoms with Crippen LogP contribution in [0.25, 0.3) is 0 Å². The predicted octanol–water partition coefficient (Wildman–Crippen LogP) is 2.11. The zero-order valence-corrected chi connectivity index (χ0v) is 12.5. The number of nitrogens with one attached hydrogen (secondary N) is 1. The van der Waals surface area contributed by atoms with Gasteiger partial charge in [-0.1, -0.05) is 18.2 Å². The van der Waals surface area contributed by atoms with Crippen LogP contribution in [0, 0.1) is 0 Å². The molecule has 1 heterocycles. The average molecular weight is 297 g/mol. The van der Waals surface area contributed by atoms with Crippen LogP contribution < -0.4 is 5.32 Å². The zero-order valence-electron chi connectivity index (χ0n) is 12.5. The van der Waals surface area contributed by atoms with Crippen molar-refractivity contribution >= 4 is 17.5 Å². The van der Waals surface area contributed by atoms with Crippen LogP contribution in [0.15, 0.2) is 54.9 Å². The lowest BCUT2D eigenvalue weighted by molar-refractivity contribution is -0.133. The summed E-state index contributed by atoms with van der Waals surface area (Å²) in [4.78, 5) is 29.4. The van der Waals surface area contributed by atoms with E-state index < -0.39 is 0 Å². The number of carbonyl (C=O) groups is 2. The van der Waals surface area contributed by atoms with Gasteiger partial charge in [-0.15, -0.1) is 0 Å². The third-order valence-corrected chi connectivity index (χ3v) is 3.28. The number of carbonyl (C=O) groups excluding carboxylic acids is 2. The Hall–Kier alpha value is -2.69. The van der Waals surface area contributed by atoms with Crippen molar-refractivity contribution in [1.29, 1.82) is 0 Å². The molecule has 5 nitrogen and oxygen atoms in total. The van der Waals surface area contributed by atoms with Gasteiger partial charge in [-0.25, -0.2) is 0 Å². The number of benzene rings is 1. The average Bonchev–Trinajstić information content (AvgIpc) is 2.54. The molecule has 5 heteroatoms. The summed E-state index contributed by atoms with van der Waals surface area (Å²) < 4.78 is 0. The van der Waals surface area contributed by atoms with E-state index in [1.165, 1.54) is 0 Å². The summed E-state index contributed by atoms with van der Waals surface area (Å²) in [5, 5.41) is 2.71. The van der Waals surface area contributed by atoms with Crippen molar-refractivity contribution < 1.29 is 9.59 Å². The van der Waals surface area contributed by atoms with Crippen LogP contribution in [0.2, 0.25) is 0 Å². The Kier molecular flexibility index (Phi) is 5.65. The molecule has 1 aromatic carbocycles. The van der Waals surface area contributed by atoms with Crippen LogP contribution in [0.5, 0.6) is 0 Å². The molecule has 1 aromatic heterocycles. The Morgan fingerprint density at radius 3 is 2.45 bits per heavy atom. The lowest BCUT2D eigenvalue weighted by Gasteiger charge is -2.17. The van der Waals surface area contributed by atoms with Gasteiger partial charge in [0.2, 0.25) is 11.8 Å². The van der Waals surface area contributed by atoms with Crippen molar-refractivity contribution in [2.75, 3.05) is 18.9 Å². The van der Waals surface area contributed by atoms with Gasteiger partial charge in [-0.3, -0.25) is 14.6 Å². The van der Waals surface area contributed by atoms with Crippen molar-refractivity contribution in [2.24, 2.45) is 0 Å². The van der Waals surface area contributed by atoms with Gasteiger partial charge in [0.05, 0.1) is 0 Å². The summed E-state index contributed by atoms with van der Waals surface area (Å²) in [6, 6.07) is 12.9. The highest BCUT2D eigenvalue weighted by atomic mass is 16.2. The molecule has 0 radical (unpaired) electrons. The molecule has 0 unspecified atom stereocenters. The quantitative estimate of drug-likeness (QED) is 0.831. The van der Waals surface area contributed by atoms with E-state index in [0.717, 1.165) is 12.0 Å². The van der Waals surface area contributed by atoms with Gasteiger partial charge in [0, 0.05) is 31.7 Å². The van der Waals surface area contributed by atoms with Crippen LogP contribution in [0.4, 0.5) is 5.69 Å². The highest BCUT2D eigenvalue weighted by molar-refractivity contribution is 6.03. The number of likely N-dealkylation sites (N-methyl/N-ethyl adjacent to an activating group) is 1. The van der Waals surface area contributed by atoms with Crippen molar-refractivity contribution in [1.82, 2.24) is 9.88 Å². The molecule has 114 valence electrons. The Morgan fingerprint density at radius 2 is 1.77 bits per heavy atom. The highest BCUT2D eigenvalue weighted by Gasteiger charge is 2.14. The Balaban J connectivity index is 1.77. The maximum atomic E-state index is 12.0. The summed E-state index contributed by atoms with van der Waals surface area (Å²) >= 11 is 0. The highest BCUT2D eigenvalue weighted by Crippen LogP contribution is 2.06. The molecule has 0 aliphatic carbocycles. The second kappa shape index (κ2) is 7.93. The number of hydrogen-bond donors (Lipinski definition) is 1.